The first kappa shape index (κ1) is 27.6. The standard InChI is InChI=1S/C47H34/c1-47(2)44-19-11-10-17-40(44)41-27-24-36(30-45(41)47)46-42-18-9-8-16-37(42)38(25-20-31-12-4-3-5-13-31)39-26-23-35(29-43(39)46)34-22-21-32-14-6-7-15-33(32)28-34/h3-30H,1-2H3/b25-20+. The van der Waals surface area contributed by atoms with E-state index in [1.165, 1.54) is 88.0 Å². The van der Waals surface area contributed by atoms with Gasteiger partial charge in [0.05, 0.1) is 0 Å². The van der Waals surface area contributed by atoms with Crippen molar-refractivity contribution >= 4 is 44.5 Å². The molecular formula is C47H34. The second kappa shape index (κ2) is 10.7. The maximum atomic E-state index is 2.47. The molecule has 8 aromatic rings. The molecule has 0 aliphatic heterocycles. The van der Waals surface area contributed by atoms with Crippen molar-refractivity contribution in [2.45, 2.75) is 19.3 Å². The number of hydrogen-bond acceptors (Lipinski definition) is 0. The van der Waals surface area contributed by atoms with Gasteiger partial charge in [-0.25, -0.2) is 0 Å². The van der Waals surface area contributed by atoms with E-state index < -0.39 is 0 Å². The van der Waals surface area contributed by atoms with Crippen LogP contribution < -0.4 is 0 Å². The van der Waals surface area contributed by atoms with Gasteiger partial charge in [0.15, 0.2) is 0 Å². The first-order chi connectivity index (χ1) is 23.1. The highest BCUT2D eigenvalue weighted by atomic mass is 14.4. The molecule has 9 rings (SSSR count). The van der Waals surface area contributed by atoms with Crippen LogP contribution in [0.2, 0.25) is 0 Å². The van der Waals surface area contributed by atoms with Crippen LogP contribution in [0.15, 0.2) is 158 Å². The molecule has 0 saturated heterocycles. The lowest BCUT2D eigenvalue weighted by Gasteiger charge is -2.23. The van der Waals surface area contributed by atoms with Crippen molar-refractivity contribution in [3.05, 3.63) is 180 Å². The van der Waals surface area contributed by atoms with Gasteiger partial charge in [0.25, 0.3) is 0 Å². The Bertz CT molecular complexity index is 2530. The molecule has 0 heteroatoms. The molecule has 0 N–H and O–H groups in total. The zero-order valence-electron chi connectivity index (χ0n) is 26.7. The van der Waals surface area contributed by atoms with Crippen LogP contribution in [0.4, 0.5) is 0 Å². The van der Waals surface area contributed by atoms with Crippen molar-refractivity contribution in [2.24, 2.45) is 0 Å². The van der Waals surface area contributed by atoms with Gasteiger partial charge in [-0.15, -0.1) is 0 Å². The molecule has 0 aromatic heterocycles. The molecule has 1 aliphatic carbocycles. The van der Waals surface area contributed by atoms with Gasteiger partial charge in [0.2, 0.25) is 0 Å². The predicted molar refractivity (Wildman–Crippen MR) is 203 cm³/mol. The van der Waals surface area contributed by atoms with E-state index in [1.54, 1.807) is 0 Å². The molecule has 0 saturated carbocycles. The van der Waals surface area contributed by atoms with Crippen LogP contribution in [0, 0.1) is 0 Å². The molecule has 0 spiro atoms. The average Bonchev–Trinajstić information content (AvgIpc) is 3.35. The van der Waals surface area contributed by atoms with Crippen LogP contribution in [0.3, 0.4) is 0 Å². The molecule has 0 unspecified atom stereocenters. The van der Waals surface area contributed by atoms with E-state index in [-0.39, 0.29) is 5.41 Å². The molecule has 0 bridgehead atoms. The highest BCUT2D eigenvalue weighted by Gasteiger charge is 2.35. The summed E-state index contributed by atoms with van der Waals surface area (Å²) >= 11 is 0. The van der Waals surface area contributed by atoms with Crippen molar-refractivity contribution < 1.29 is 0 Å². The number of hydrogen-bond donors (Lipinski definition) is 0. The highest BCUT2D eigenvalue weighted by molar-refractivity contribution is 6.19. The fraction of sp³-hybridized carbons (Fsp3) is 0.0638. The summed E-state index contributed by atoms with van der Waals surface area (Å²) in [4.78, 5) is 0. The van der Waals surface area contributed by atoms with Gasteiger partial charge in [-0.3, -0.25) is 0 Å². The summed E-state index contributed by atoms with van der Waals surface area (Å²) in [5, 5.41) is 7.60. The molecule has 222 valence electrons. The van der Waals surface area contributed by atoms with Gasteiger partial charge in [0, 0.05) is 5.41 Å². The lowest BCUT2D eigenvalue weighted by atomic mass is 9.80. The molecule has 47 heavy (non-hydrogen) atoms. The van der Waals surface area contributed by atoms with Crippen molar-refractivity contribution in [1.29, 1.82) is 0 Å². The Kier molecular flexibility index (Phi) is 6.27. The molecule has 0 fully saturated rings. The lowest BCUT2D eigenvalue weighted by Crippen LogP contribution is -2.14. The Balaban J connectivity index is 1.33. The summed E-state index contributed by atoms with van der Waals surface area (Å²) < 4.78 is 0. The third-order valence-electron chi connectivity index (χ3n) is 10.3. The largest absolute Gasteiger partial charge is 0.0622 e. The Hall–Kier alpha value is -5.72. The summed E-state index contributed by atoms with van der Waals surface area (Å²) in [6, 6.07) is 58.1. The van der Waals surface area contributed by atoms with E-state index in [1.807, 2.05) is 0 Å². The van der Waals surface area contributed by atoms with Gasteiger partial charge < -0.3 is 0 Å². The van der Waals surface area contributed by atoms with Gasteiger partial charge in [-0.05, 0) is 106 Å². The van der Waals surface area contributed by atoms with Crippen molar-refractivity contribution in [3.63, 3.8) is 0 Å². The van der Waals surface area contributed by atoms with E-state index in [0.717, 1.165) is 0 Å². The summed E-state index contributed by atoms with van der Waals surface area (Å²) in [5.74, 6) is 0. The monoisotopic (exact) mass is 598 g/mol. The summed E-state index contributed by atoms with van der Waals surface area (Å²) in [5.41, 5.74) is 12.9. The quantitative estimate of drug-likeness (QED) is 0.140. The van der Waals surface area contributed by atoms with Crippen LogP contribution >= 0.6 is 0 Å². The van der Waals surface area contributed by atoms with Crippen LogP contribution in [0.25, 0.3) is 77.9 Å². The van der Waals surface area contributed by atoms with Crippen molar-refractivity contribution in [1.82, 2.24) is 0 Å². The maximum absolute atomic E-state index is 2.47. The Morgan fingerprint density at radius 1 is 0.404 bits per heavy atom. The smallest absolute Gasteiger partial charge is 0.0159 e. The van der Waals surface area contributed by atoms with Gasteiger partial charge in [0.1, 0.15) is 0 Å². The van der Waals surface area contributed by atoms with Gasteiger partial charge >= 0.3 is 0 Å². The normalized spacial score (nSPS) is 13.4. The summed E-state index contributed by atoms with van der Waals surface area (Å²) in [6.45, 7) is 4.74. The minimum atomic E-state index is -0.0673. The molecule has 1 aliphatic rings. The molecule has 0 atom stereocenters. The third kappa shape index (κ3) is 4.44. The second-order valence-electron chi connectivity index (χ2n) is 13.3. The average molecular weight is 599 g/mol. The highest BCUT2D eigenvalue weighted by Crippen LogP contribution is 2.51. The van der Waals surface area contributed by atoms with Crippen LogP contribution in [-0.2, 0) is 5.41 Å². The Morgan fingerprint density at radius 3 is 1.91 bits per heavy atom. The molecule has 0 radical (unpaired) electrons. The molecular weight excluding hydrogens is 565 g/mol. The summed E-state index contributed by atoms with van der Waals surface area (Å²) in [7, 11) is 0. The predicted octanol–water partition coefficient (Wildman–Crippen LogP) is 13.0. The van der Waals surface area contributed by atoms with Crippen LogP contribution in [0.1, 0.15) is 36.1 Å². The Labute approximate surface area is 276 Å². The lowest BCUT2D eigenvalue weighted by molar-refractivity contribution is 0.660. The minimum absolute atomic E-state index is 0.0673. The SMILES string of the molecule is CC1(C)c2ccccc2-c2ccc(-c3c4ccccc4c(/C=C/c4ccccc4)c4ccc(-c5ccc6ccccc6c5)cc34)cc21. The fourth-order valence-electron chi connectivity index (χ4n) is 7.85. The van der Waals surface area contributed by atoms with Crippen molar-refractivity contribution in [2.75, 3.05) is 0 Å². The Morgan fingerprint density at radius 2 is 1.04 bits per heavy atom. The van der Waals surface area contributed by atoms with E-state index >= 15 is 0 Å². The number of fused-ring (bicyclic) bond motifs is 6. The van der Waals surface area contributed by atoms with Crippen molar-refractivity contribution in [3.8, 4) is 33.4 Å². The van der Waals surface area contributed by atoms with Gasteiger partial charge in [-0.2, -0.15) is 0 Å². The summed E-state index contributed by atoms with van der Waals surface area (Å²) in [6.07, 6.45) is 4.55. The minimum Gasteiger partial charge on any atom is -0.0622 e. The molecule has 0 nitrogen and oxygen atoms in total. The van der Waals surface area contributed by atoms with E-state index in [2.05, 4.69) is 184 Å². The molecule has 0 amide bonds. The van der Waals surface area contributed by atoms with E-state index in [9.17, 15) is 0 Å². The topological polar surface area (TPSA) is 0 Å². The third-order valence-corrected chi connectivity index (χ3v) is 10.3. The van der Waals surface area contributed by atoms with Gasteiger partial charge in [-0.1, -0.05) is 166 Å². The fourth-order valence-corrected chi connectivity index (χ4v) is 7.85. The first-order valence-electron chi connectivity index (χ1n) is 16.5. The first-order valence-corrected chi connectivity index (χ1v) is 16.5. The maximum Gasteiger partial charge on any atom is 0.0159 e. The number of benzene rings is 8. The van der Waals surface area contributed by atoms with Crippen LogP contribution in [-0.4, -0.2) is 0 Å². The van der Waals surface area contributed by atoms with E-state index in [4.69, 9.17) is 0 Å². The number of rotatable bonds is 4. The van der Waals surface area contributed by atoms with Crippen LogP contribution in [0.5, 0.6) is 0 Å². The zero-order valence-corrected chi connectivity index (χ0v) is 26.7. The zero-order chi connectivity index (χ0) is 31.5. The second-order valence-corrected chi connectivity index (χ2v) is 13.3. The molecule has 0 heterocycles. The van der Waals surface area contributed by atoms with E-state index in [0.29, 0.717) is 0 Å². The molecule has 8 aromatic carbocycles.